The van der Waals surface area contributed by atoms with Gasteiger partial charge in [0.2, 0.25) is 0 Å². The van der Waals surface area contributed by atoms with E-state index in [4.69, 9.17) is 0 Å². The van der Waals surface area contributed by atoms with Gasteiger partial charge in [-0.15, -0.1) is 12.3 Å². The predicted molar refractivity (Wildman–Crippen MR) is 129 cm³/mol. The summed E-state index contributed by atoms with van der Waals surface area (Å²) in [5.41, 5.74) is 7.50. The van der Waals surface area contributed by atoms with Crippen molar-refractivity contribution >= 4 is 5.78 Å². The van der Waals surface area contributed by atoms with E-state index in [-0.39, 0.29) is 11.5 Å². The van der Waals surface area contributed by atoms with E-state index in [0.29, 0.717) is 30.0 Å². The number of aliphatic hydroxyl groups is 1. The van der Waals surface area contributed by atoms with Crippen LogP contribution in [-0.2, 0) is 4.79 Å². The van der Waals surface area contributed by atoms with E-state index >= 15 is 0 Å². The molecule has 0 bridgehead atoms. The maximum Gasteiger partial charge on any atom is 0.156 e. The molecule has 5 aliphatic carbocycles. The molecule has 32 heavy (non-hydrogen) atoms. The summed E-state index contributed by atoms with van der Waals surface area (Å²) in [7, 11) is 0. The summed E-state index contributed by atoms with van der Waals surface area (Å²) >= 11 is 0. The fraction of sp³-hybridized carbons (Fsp3) is 0.567. The Kier molecular flexibility index (Phi) is 5.67. The monoisotopic (exact) mass is 428 g/mol. The molecule has 3 saturated carbocycles. The summed E-state index contributed by atoms with van der Waals surface area (Å²) in [5, 5.41) is 11.0. The van der Waals surface area contributed by atoms with Crippen LogP contribution in [0.25, 0.3) is 0 Å². The van der Waals surface area contributed by atoms with Gasteiger partial charge < -0.3 is 5.11 Å². The van der Waals surface area contributed by atoms with Gasteiger partial charge in [0, 0.05) is 12.3 Å². The van der Waals surface area contributed by atoms with Crippen LogP contribution in [0.15, 0.2) is 47.1 Å². The second kappa shape index (κ2) is 8.35. The Hall–Kier alpha value is -2.11. The molecule has 2 nitrogen and oxygen atoms in total. The lowest BCUT2D eigenvalue weighted by Crippen LogP contribution is -2.45. The fourth-order valence-corrected chi connectivity index (χ4v) is 7.38. The molecule has 6 rings (SSSR count). The van der Waals surface area contributed by atoms with E-state index in [1.807, 2.05) is 6.08 Å². The second-order valence-corrected chi connectivity index (χ2v) is 10.9. The molecule has 0 radical (unpaired) electrons. The van der Waals surface area contributed by atoms with Crippen molar-refractivity contribution in [2.45, 2.75) is 89.6 Å². The normalized spacial score (nSPS) is 35.6. The molecule has 0 amide bonds. The van der Waals surface area contributed by atoms with Gasteiger partial charge in [-0.05, 0) is 110 Å². The quantitative estimate of drug-likeness (QED) is 0.549. The zero-order valence-corrected chi connectivity index (χ0v) is 19.6. The molecular weight excluding hydrogens is 392 g/mol. The van der Waals surface area contributed by atoms with Gasteiger partial charge in [-0.1, -0.05) is 36.8 Å². The van der Waals surface area contributed by atoms with E-state index in [9.17, 15) is 9.90 Å². The maximum atomic E-state index is 12.1. The average molecular weight is 429 g/mol. The Labute approximate surface area is 193 Å². The van der Waals surface area contributed by atoms with E-state index in [1.165, 1.54) is 35.1 Å². The molecule has 2 heteroatoms. The van der Waals surface area contributed by atoms with Crippen LogP contribution in [0.4, 0.5) is 0 Å². The Bertz CT molecular complexity index is 1020. The van der Waals surface area contributed by atoms with Crippen LogP contribution >= 0.6 is 0 Å². The molecule has 5 unspecified atom stereocenters. The molecule has 3 fully saturated rings. The number of hydrogen-bond donors (Lipinski definition) is 1. The van der Waals surface area contributed by atoms with Crippen LogP contribution in [0, 0.1) is 29.6 Å². The summed E-state index contributed by atoms with van der Waals surface area (Å²) in [4.78, 5) is 12.1. The van der Waals surface area contributed by atoms with Crippen LogP contribution in [0.3, 0.4) is 0 Å². The van der Waals surface area contributed by atoms with Gasteiger partial charge >= 0.3 is 0 Å². The van der Waals surface area contributed by atoms with Crippen LogP contribution in [-0.4, -0.2) is 17.0 Å². The summed E-state index contributed by atoms with van der Waals surface area (Å²) in [6, 6.07) is 9.37. The topological polar surface area (TPSA) is 37.3 Å². The average Bonchev–Trinajstić information content (AvgIpc) is 3.59. The number of terminal acetylenes is 1. The van der Waals surface area contributed by atoms with Gasteiger partial charge in [0.05, 0.1) is 6.10 Å². The number of fused-ring (bicyclic) bond motifs is 4. The predicted octanol–water partition coefficient (Wildman–Crippen LogP) is 6.46. The van der Waals surface area contributed by atoms with Crippen molar-refractivity contribution in [2.24, 2.45) is 17.3 Å². The van der Waals surface area contributed by atoms with Crippen molar-refractivity contribution < 1.29 is 9.90 Å². The Morgan fingerprint density at radius 1 is 1.06 bits per heavy atom. The molecule has 5 atom stereocenters. The molecular formula is C30H36O2. The Morgan fingerprint density at radius 2 is 1.81 bits per heavy atom. The molecule has 1 aromatic carbocycles. The third-order valence-corrected chi connectivity index (χ3v) is 9.04. The first-order valence-corrected chi connectivity index (χ1v) is 12.6. The van der Waals surface area contributed by atoms with Gasteiger partial charge in [-0.3, -0.25) is 4.79 Å². The van der Waals surface area contributed by atoms with Crippen molar-refractivity contribution in [3.8, 4) is 12.3 Å². The highest BCUT2D eigenvalue weighted by molar-refractivity contribution is 5.93. The van der Waals surface area contributed by atoms with E-state index in [0.717, 1.165) is 44.4 Å². The SMILES string of the molecule is C#CC.CC12CC(c3cccc(C4CC4)c3)C3=C4CCC(=O)C=C4CCC3C1CCC2O. The number of aliphatic hydroxyl groups excluding tert-OH is 1. The zero-order chi connectivity index (χ0) is 22.5. The first-order valence-electron chi connectivity index (χ1n) is 12.6. The molecule has 0 saturated heterocycles. The number of ketones is 1. The number of rotatable bonds is 2. The molecule has 0 aromatic heterocycles. The van der Waals surface area contributed by atoms with Crippen LogP contribution in [0.1, 0.15) is 94.6 Å². The third kappa shape index (κ3) is 3.60. The summed E-state index contributed by atoms with van der Waals surface area (Å²) in [6.07, 6.45) is 16.0. The van der Waals surface area contributed by atoms with Gasteiger partial charge in [-0.2, -0.15) is 0 Å². The minimum atomic E-state index is -0.168. The Balaban J connectivity index is 0.000000684. The number of carbonyl (C=O) groups excluding carboxylic acids is 1. The summed E-state index contributed by atoms with van der Waals surface area (Å²) in [6.45, 7) is 4.02. The van der Waals surface area contributed by atoms with Crippen molar-refractivity contribution in [3.05, 3.63) is 58.2 Å². The third-order valence-electron chi connectivity index (χ3n) is 9.04. The lowest BCUT2D eigenvalue weighted by atomic mass is 9.53. The van der Waals surface area contributed by atoms with E-state index in [1.54, 1.807) is 12.5 Å². The smallest absolute Gasteiger partial charge is 0.156 e. The molecule has 0 spiro atoms. The van der Waals surface area contributed by atoms with Gasteiger partial charge in [0.25, 0.3) is 0 Å². The van der Waals surface area contributed by atoms with Crippen molar-refractivity contribution in [2.75, 3.05) is 0 Å². The highest BCUT2D eigenvalue weighted by Gasteiger charge is 2.56. The number of allylic oxidation sites excluding steroid dienone is 4. The van der Waals surface area contributed by atoms with Crippen molar-refractivity contribution in [1.29, 1.82) is 0 Å². The molecule has 168 valence electrons. The largest absolute Gasteiger partial charge is 0.393 e. The van der Waals surface area contributed by atoms with E-state index in [2.05, 4.69) is 43.5 Å². The fourth-order valence-electron chi connectivity index (χ4n) is 7.38. The first kappa shape index (κ1) is 21.7. The highest BCUT2D eigenvalue weighted by atomic mass is 16.3. The molecule has 1 N–H and O–H groups in total. The summed E-state index contributed by atoms with van der Waals surface area (Å²) < 4.78 is 0. The van der Waals surface area contributed by atoms with E-state index < -0.39 is 0 Å². The van der Waals surface area contributed by atoms with Gasteiger partial charge in [0.15, 0.2) is 5.78 Å². The zero-order valence-electron chi connectivity index (χ0n) is 19.6. The van der Waals surface area contributed by atoms with Crippen LogP contribution < -0.4 is 0 Å². The molecule has 5 aliphatic rings. The van der Waals surface area contributed by atoms with Crippen LogP contribution in [0.2, 0.25) is 0 Å². The van der Waals surface area contributed by atoms with Gasteiger partial charge in [0.1, 0.15) is 0 Å². The van der Waals surface area contributed by atoms with Crippen molar-refractivity contribution in [1.82, 2.24) is 0 Å². The Morgan fingerprint density at radius 3 is 2.56 bits per heavy atom. The lowest BCUT2D eigenvalue weighted by molar-refractivity contribution is -0.114. The summed E-state index contributed by atoms with van der Waals surface area (Å²) in [5.74, 6) is 4.91. The lowest BCUT2D eigenvalue weighted by Gasteiger charge is -2.52. The standard InChI is InChI=1S/C27H32O2.C3H4/c1-27-15-23(18-4-2-3-17(13-18)16-5-6-16)26-21-10-8-20(28)14-19(21)7-9-22(26)24(27)11-12-25(27)29;1-3-2/h2-4,13-14,16,22-25,29H,5-12,15H2,1H3;1H,2H3. The second-order valence-electron chi connectivity index (χ2n) is 10.9. The molecule has 1 aromatic rings. The highest BCUT2D eigenvalue weighted by Crippen LogP contribution is 2.64. The number of hydrogen-bond acceptors (Lipinski definition) is 2. The van der Waals surface area contributed by atoms with Crippen LogP contribution in [0.5, 0.6) is 0 Å². The molecule has 0 heterocycles. The van der Waals surface area contributed by atoms with Gasteiger partial charge in [-0.25, -0.2) is 0 Å². The minimum absolute atomic E-state index is 0.0285. The minimum Gasteiger partial charge on any atom is -0.393 e. The molecule has 0 aliphatic heterocycles. The maximum absolute atomic E-state index is 12.1. The first-order chi connectivity index (χ1) is 15.5. The number of benzene rings is 1. The number of carbonyl (C=O) groups is 1. The van der Waals surface area contributed by atoms with Crippen molar-refractivity contribution in [3.63, 3.8) is 0 Å².